The summed E-state index contributed by atoms with van der Waals surface area (Å²) >= 11 is 0. The summed E-state index contributed by atoms with van der Waals surface area (Å²) in [6, 6.07) is 0. The second kappa shape index (κ2) is 4.09. The van der Waals surface area contributed by atoms with E-state index in [2.05, 4.69) is 4.74 Å². The quantitative estimate of drug-likeness (QED) is 0.691. The van der Waals surface area contributed by atoms with Gasteiger partial charge in [-0.2, -0.15) is 0 Å². The lowest BCUT2D eigenvalue weighted by atomic mass is 9.80. The van der Waals surface area contributed by atoms with E-state index in [1.54, 1.807) is 20.8 Å². The lowest BCUT2D eigenvalue weighted by molar-refractivity contribution is -0.155. The molecule has 1 atom stereocenters. The first-order valence-electron chi connectivity index (χ1n) is 4.45. The largest absolute Gasteiger partial charge is 0.469 e. The van der Waals surface area contributed by atoms with E-state index >= 15 is 0 Å². The second-order valence-corrected chi connectivity index (χ2v) is 4.61. The molecule has 0 aromatic carbocycles. The van der Waals surface area contributed by atoms with Crippen LogP contribution in [0.25, 0.3) is 0 Å². The molecule has 82 valence electrons. The molecule has 4 nitrogen and oxygen atoms in total. The summed E-state index contributed by atoms with van der Waals surface area (Å²) in [6.45, 7) is 6.42. The van der Waals surface area contributed by atoms with Crippen molar-refractivity contribution in [2.75, 3.05) is 7.11 Å². The van der Waals surface area contributed by atoms with Crippen molar-refractivity contribution in [3.63, 3.8) is 0 Å². The zero-order valence-corrected chi connectivity index (χ0v) is 9.38. The summed E-state index contributed by atoms with van der Waals surface area (Å²) in [5.74, 6) is -0.956. The Labute approximate surface area is 84.3 Å². The highest BCUT2D eigenvalue weighted by molar-refractivity contribution is 5.94. The third-order valence-electron chi connectivity index (χ3n) is 1.89. The molecule has 4 heteroatoms. The Bertz CT molecular complexity index is 235. The van der Waals surface area contributed by atoms with Crippen LogP contribution in [0.2, 0.25) is 0 Å². The molecule has 0 aliphatic rings. The average Bonchev–Trinajstić information content (AvgIpc) is 2.00. The maximum atomic E-state index is 11.7. The Morgan fingerprint density at radius 3 is 1.93 bits per heavy atom. The fraction of sp³-hybridized carbons (Fsp3) is 0.800. The van der Waals surface area contributed by atoms with Crippen molar-refractivity contribution < 1.29 is 19.4 Å². The first-order valence-corrected chi connectivity index (χ1v) is 4.45. The molecule has 0 bridgehead atoms. The Kier molecular flexibility index (Phi) is 3.82. The van der Waals surface area contributed by atoms with Gasteiger partial charge in [-0.25, -0.2) is 0 Å². The molecule has 0 aliphatic heterocycles. The summed E-state index contributed by atoms with van der Waals surface area (Å²) < 4.78 is 4.40. The number of hydrogen-bond acceptors (Lipinski definition) is 4. The van der Waals surface area contributed by atoms with E-state index in [0.29, 0.717) is 0 Å². The summed E-state index contributed by atoms with van der Waals surface area (Å²) in [5, 5.41) is 9.77. The topological polar surface area (TPSA) is 63.6 Å². The number of carbonyl (C=O) groups is 2. The van der Waals surface area contributed by atoms with Crippen molar-refractivity contribution in [3.05, 3.63) is 0 Å². The average molecular weight is 202 g/mol. The molecule has 0 amide bonds. The van der Waals surface area contributed by atoms with Gasteiger partial charge < -0.3 is 9.84 Å². The normalized spacial score (nSPS) is 15.9. The van der Waals surface area contributed by atoms with E-state index in [1.807, 2.05) is 0 Å². The van der Waals surface area contributed by atoms with Crippen molar-refractivity contribution >= 4 is 11.8 Å². The van der Waals surface area contributed by atoms with Gasteiger partial charge in [0, 0.05) is 5.41 Å². The smallest absolute Gasteiger partial charge is 0.308 e. The van der Waals surface area contributed by atoms with Gasteiger partial charge in [0.25, 0.3) is 0 Å². The van der Waals surface area contributed by atoms with E-state index in [1.165, 1.54) is 14.0 Å². The molecule has 0 unspecified atom stereocenters. The van der Waals surface area contributed by atoms with Crippen LogP contribution in [0.1, 0.15) is 34.1 Å². The number of rotatable bonds is 3. The van der Waals surface area contributed by atoms with Crippen molar-refractivity contribution in [2.45, 2.75) is 39.7 Å². The number of Topliss-reactive ketones (excluding diaryl/α,β-unsaturated/α-hetero) is 1. The van der Waals surface area contributed by atoms with Gasteiger partial charge in [-0.1, -0.05) is 20.8 Å². The molecule has 0 radical (unpaired) electrons. The monoisotopic (exact) mass is 202 g/mol. The highest BCUT2D eigenvalue weighted by Crippen LogP contribution is 2.25. The van der Waals surface area contributed by atoms with E-state index in [0.717, 1.165) is 0 Å². The van der Waals surface area contributed by atoms with Crippen LogP contribution in [0, 0.1) is 5.41 Å². The molecule has 0 saturated carbocycles. The van der Waals surface area contributed by atoms with Gasteiger partial charge in [0.2, 0.25) is 0 Å². The number of hydrogen-bond donors (Lipinski definition) is 1. The molecule has 0 aromatic rings. The highest BCUT2D eigenvalue weighted by atomic mass is 16.5. The van der Waals surface area contributed by atoms with E-state index < -0.39 is 17.0 Å². The molecular formula is C10H18O4. The molecule has 0 saturated heterocycles. The maximum Gasteiger partial charge on any atom is 0.308 e. The number of methoxy groups -OCH3 is 1. The number of ether oxygens (including phenoxy) is 1. The molecule has 0 aromatic heterocycles. The third-order valence-corrected chi connectivity index (χ3v) is 1.89. The Morgan fingerprint density at radius 1 is 1.21 bits per heavy atom. The molecule has 0 fully saturated rings. The van der Waals surface area contributed by atoms with Crippen molar-refractivity contribution in [3.8, 4) is 0 Å². The Morgan fingerprint density at radius 2 is 1.64 bits per heavy atom. The third kappa shape index (κ3) is 3.46. The number of ketones is 1. The van der Waals surface area contributed by atoms with Crippen molar-refractivity contribution in [2.24, 2.45) is 5.41 Å². The number of carbonyl (C=O) groups excluding carboxylic acids is 2. The van der Waals surface area contributed by atoms with E-state index in [4.69, 9.17) is 0 Å². The molecule has 0 rings (SSSR count). The van der Waals surface area contributed by atoms with E-state index in [9.17, 15) is 14.7 Å². The first kappa shape index (κ1) is 13.1. The lowest BCUT2D eigenvalue weighted by Gasteiger charge is -2.28. The highest BCUT2D eigenvalue weighted by Gasteiger charge is 2.39. The van der Waals surface area contributed by atoms with Gasteiger partial charge in [-0.05, 0) is 6.92 Å². The number of aliphatic hydroxyl groups is 1. The minimum Gasteiger partial charge on any atom is -0.469 e. The van der Waals surface area contributed by atoms with Gasteiger partial charge in [0.1, 0.15) is 5.60 Å². The van der Waals surface area contributed by atoms with Crippen molar-refractivity contribution in [1.29, 1.82) is 0 Å². The second-order valence-electron chi connectivity index (χ2n) is 4.61. The molecular weight excluding hydrogens is 184 g/mol. The standard InChI is InChI=1S/C10H18O4/c1-9(2,3)8(12)10(4,13)6-7(11)14-5/h13H,6H2,1-5H3/t10-/m1/s1. The van der Waals surface area contributed by atoms with E-state index in [-0.39, 0.29) is 12.2 Å². The van der Waals surface area contributed by atoms with Crippen LogP contribution in [-0.4, -0.2) is 29.6 Å². The summed E-state index contributed by atoms with van der Waals surface area (Å²) in [5.41, 5.74) is -2.32. The minimum atomic E-state index is -1.65. The fourth-order valence-electron chi connectivity index (χ4n) is 1.24. The van der Waals surface area contributed by atoms with Crippen LogP contribution in [0.4, 0.5) is 0 Å². The fourth-order valence-corrected chi connectivity index (χ4v) is 1.24. The van der Waals surface area contributed by atoms with Gasteiger partial charge >= 0.3 is 5.97 Å². The minimum absolute atomic E-state index is 0.306. The molecule has 0 aliphatic carbocycles. The summed E-state index contributed by atoms with van der Waals surface area (Å²) in [4.78, 5) is 22.6. The molecule has 0 heterocycles. The van der Waals surface area contributed by atoms with Crippen LogP contribution >= 0.6 is 0 Å². The van der Waals surface area contributed by atoms with Crippen LogP contribution in [0.15, 0.2) is 0 Å². The summed E-state index contributed by atoms with van der Waals surface area (Å²) in [6.07, 6.45) is -0.306. The SMILES string of the molecule is COC(=O)C[C@@](C)(O)C(=O)C(C)(C)C. The zero-order valence-electron chi connectivity index (χ0n) is 9.38. The van der Waals surface area contributed by atoms with Crippen LogP contribution in [0.3, 0.4) is 0 Å². The van der Waals surface area contributed by atoms with Crippen molar-refractivity contribution in [1.82, 2.24) is 0 Å². The van der Waals surface area contributed by atoms with Gasteiger partial charge in [0.05, 0.1) is 13.5 Å². The van der Waals surface area contributed by atoms with Gasteiger partial charge in [-0.3, -0.25) is 9.59 Å². The number of esters is 1. The molecule has 1 N–H and O–H groups in total. The Balaban J connectivity index is 4.63. The lowest BCUT2D eigenvalue weighted by Crippen LogP contribution is -2.44. The Hall–Kier alpha value is -0.900. The molecule has 0 spiro atoms. The van der Waals surface area contributed by atoms with Crippen LogP contribution < -0.4 is 0 Å². The molecule has 14 heavy (non-hydrogen) atoms. The maximum absolute atomic E-state index is 11.7. The first-order chi connectivity index (χ1) is 6.11. The predicted molar refractivity (Wildman–Crippen MR) is 51.7 cm³/mol. The zero-order chi connectivity index (χ0) is 11.6. The predicted octanol–water partition coefficient (Wildman–Crippen LogP) is 0.916. The van der Waals surface area contributed by atoms with Crippen LogP contribution in [-0.2, 0) is 14.3 Å². The summed E-state index contributed by atoms with van der Waals surface area (Å²) in [7, 11) is 1.22. The van der Waals surface area contributed by atoms with Crippen LogP contribution in [0.5, 0.6) is 0 Å². The van der Waals surface area contributed by atoms with Gasteiger partial charge in [0.15, 0.2) is 5.78 Å². The van der Waals surface area contributed by atoms with Gasteiger partial charge in [-0.15, -0.1) is 0 Å².